The molecule has 6 nitrogen and oxygen atoms in total. The lowest BCUT2D eigenvalue weighted by molar-refractivity contribution is -0.384. The number of hydrogen-bond donors (Lipinski definition) is 0. The molecule has 0 aliphatic rings. The molecule has 0 fully saturated rings. The second-order valence-corrected chi connectivity index (χ2v) is 6.01. The summed E-state index contributed by atoms with van der Waals surface area (Å²) < 4.78 is 4.22. The average Bonchev–Trinajstić information content (AvgIpc) is 2.84. The van der Waals surface area contributed by atoms with Crippen molar-refractivity contribution < 1.29 is 4.92 Å². The number of nitrogens with zero attached hydrogens (tertiary/aromatic N) is 4. The van der Waals surface area contributed by atoms with E-state index in [0.717, 1.165) is 16.2 Å². The average molecular weight is 344 g/mol. The molecule has 8 heteroatoms. The number of aromatic nitrogens is 2. The van der Waals surface area contributed by atoms with Crippen molar-refractivity contribution in [1.29, 1.82) is 0 Å². The highest BCUT2D eigenvalue weighted by Gasteiger charge is 2.08. The molecule has 0 aliphatic heterocycles. The van der Waals surface area contributed by atoms with E-state index in [1.807, 2.05) is 45.9 Å². The Hall–Kier alpha value is -2.58. The molecule has 1 heterocycles. The quantitative estimate of drug-likeness (QED) is 0.413. The highest BCUT2D eigenvalue weighted by Crippen LogP contribution is 2.17. The molecular formula is C15H12N4O2S2. The van der Waals surface area contributed by atoms with Crippen molar-refractivity contribution in [3.05, 3.63) is 74.3 Å². The number of benzene rings is 2. The Morgan fingerprint density at radius 1 is 1.13 bits per heavy atom. The topological polar surface area (TPSA) is 65.4 Å². The number of non-ortho nitro benzene ring substituents is 1. The van der Waals surface area contributed by atoms with Crippen LogP contribution >= 0.6 is 23.8 Å². The lowest BCUT2D eigenvalue weighted by Gasteiger charge is -1.99. The van der Waals surface area contributed by atoms with Crippen LogP contribution in [0.2, 0.25) is 0 Å². The van der Waals surface area contributed by atoms with Crippen LogP contribution in [0.25, 0.3) is 5.69 Å². The van der Waals surface area contributed by atoms with Crippen LogP contribution in [0.3, 0.4) is 0 Å². The molecular weight excluding hydrogens is 332 g/mol. The first-order valence-electron chi connectivity index (χ1n) is 6.70. The van der Waals surface area contributed by atoms with Gasteiger partial charge in [-0.2, -0.15) is 0 Å². The first kappa shape index (κ1) is 15.3. The summed E-state index contributed by atoms with van der Waals surface area (Å²) in [6, 6.07) is 15.9. The minimum Gasteiger partial charge on any atom is -0.295 e. The van der Waals surface area contributed by atoms with E-state index < -0.39 is 4.92 Å². The van der Waals surface area contributed by atoms with Crippen molar-refractivity contribution in [2.75, 3.05) is 0 Å². The van der Waals surface area contributed by atoms with Gasteiger partial charge in [0.25, 0.3) is 5.69 Å². The maximum Gasteiger partial charge on any atom is 0.269 e. The van der Waals surface area contributed by atoms with Gasteiger partial charge in [0.2, 0.25) is 4.80 Å². The zero-order valence-electron chi connectivity index (χ0n) is 12.1. The fraction of sp³-hybridized carbons (Fsp3) is 0.0667. The van der Waals surface area contributed by atoms with E-state index >= 15 is 0 Å². The third kappa shape index (κ3) is 3.13. The summed E-state index contributed by atoms with van der Waals surface area (Å²) in [5.74, 6) is 0. The van der Waals surface area contributed by atoms with Gasteiger partial charge in [-0.05, 0) is 48.0 Å². The number of rotatable bonds is 3. The molecule has 0 radical (unpaired) electrons. The predicted molar refractivity (Wildman–Crippen MR) is 91.8 cm³/mol. The molecule has 0 spiro atoms. The van der Waals surface area contributed by atoms with Crippen LogP contribution in [0, 0.1) is 14.9 Å². The lowest BCUT2D eigenvalue weighted by Crippen LogP contribution is -2.09. The summed E-state index contributed by atoms with van der Waals surface area (Å²) in [6.07, 6.45) is 0. The van der Waals surface area contributed by atoms with E-state index in [2.05, 4.69) is 4.99 Å². The van der Waals surface area contributed by atoms with Gasteiger partial charge in [0.05, 0.1) is 16.3 Å². The molecule has 0 saturated carbocycles. The summed E-state index contributed by atoms with van der Waals surface area (Å²) in [6.45, 7) is 0. The molecule has 0 saturated heterocycles. The summed E-state index contributed by atoms with van der Waals surface area (Å²) in [7, 11) is 1.85. The zero-order chi connectivity index (χ0) is 16.4. The Morgan fingerprint density at radius 3 is 2.39 bits per heavy atom. The van der Waals surface area contributed by atoms with E-state index in [-0.39, 0.29) is 5.69 Å². The molecule has 116 valence electrons. The van der Waals surface area contributed by atoms with Gasteiger partial charge < -0.3 is 0 Å². The van der Waals surface area contributed by atoms with Crippen molar-refractivity contribution in [2.45, 2.75) is 0 Å². The van der Waals surface area contributed by atoms with Crippen LogP contribution in [-0.4, -0.2) is 13.4 Å². The van der Waals surface area contributed by atoms with Crippen LogP contribution < -0.4 is 4.80 Å². The normalized spacial score (nSPS) is 11.6. The second-order valence-electron chi connectivity index (χ2n) is 4.73. The van der Waals surface area contributed by atoms with Crippen LogP contribution in [-0.2, 0) is 7.05 Å². The number of nitro benzene ring substituents is 1. The van der Waals surface area contributed by atoms with E-state index in [1.165, 1.54) is 23.7 Å². The van der Waals surface area contributed by atoms with Gasteiger partial charge in [-0.15, -0.1) is 0 Å². The smallest absolute Gasteiger partial charge is 0.269 e. The van der Waals surface area contributed by atoms with Crippen LogP contribution in [0.1, 0.15) is 0 Å². The van der Waals surface area contributed by atoms with Gasteiger partial charge in [0.1, 0.15) is 0 Å². The number of nitro groups is 1. The van der Waals surface area contributed by atoms with Gasteiger partial charge in [0.15, 0.2) is 4.77 Å². The van der Waals surface area contributed by atoms with Gasteiger partial charge in [-0.1, -0.05) is 18.2 Å². The largest absolute Gasteiger partial charge is 0.295 e. The van der Waals surface area contributed by atoms with Crippen LogP contribution in [0.4, 0.5) is 11.4 Å². The fourth-order valence-corrected chi connectivity index (χ4v) is 3.29. The number of para-hydroxylation sites is 1. The highest BCUT2D eigenvalue weighted by molar-refractivity contribution is 7.71. The molecule has 2 aromatic carbocycles. The molecule has 3 rings (SSSR count). The van der Waals surface area contributed by atoms with Gasteiger partial charge in [0, 0.05) is 19.2 Å². The molecule has 1 aromatic heterocycles. The predicted octanol–water partition coefficient (Wildman–Crippen LogP) is 3.75. The SMILES string of the molecule is Cn1c(=Nc2ccccc2)sn(-c2ccc([N+](=O)[O-])cc2)c1=S. The Kier molecular flexibility index (Phi) is 4.18. The molecule has 0 unspecified atom stereocenters. The van der Waals surface area contributed by atoms with Crippen LogP contribution in [0.15, 0.2) is 59.6 Å². The Balaban J connectivity index is 2.08. The summed E-state index contributed by atoms with van der Waals surface area (Å²) in [5, 5.41) is 10.7. The Labute approximate surface area is 140 Å². The maximum absolute atomic E-state index is 10.7. The molecule has 0 N–H and O–H groups in total. The van der Waals surface area contributed by atoms with E-state index in [4.69, 9.17) is 12.2 Å². The van der Waals surface area contributed by atoms with Crippen molar-refractivity contribution in [2.24, 2.45) is 12.0 Å². The fourth-order valence-electron chi connectivity index (χ4n) is 1.98. The van der Waals surface area contributed by atoms with Gasteiger partial charge >= 0.3 is 0 Å². The summed E-state index contributed by atoms with van der Waals surface area (Å²) in [4.78, 5) is 15.6. The number of hydrogen-bond acceptors (Lipinski definition) is 5. The summed E-state index contributed by atoms with van der Waals surface area (Å²) in [5.41, 5.74) is 1.67. The van der Waals surface area contributed by atoms with Gasteiger partial charge in [-0.25, -0.2) is 8.95 Å². The van der Waals surface area contributed by atoms with Crippen molar-refractivity contribution in [3.8, 4) is 5.69 Å². The standard InChI is InChI=1S/C15H12N4O2S2/c1-17-14(16-11-5-3-2-4-6-11)23-18(15(17)22)12-7-9-13(10-8-12)19(20)21/h2-10H,1H3. The molecule has 3 aromatic rings. The minimum atomic E-state index is -0.423. The van der Waals surface area contributed by atoms with E-state index in [9.17, 15) is 10.1 Å². The molecule has 0 aliphatic carbocycles. The third-order valence-corrected chi connectivity index (χ3v) is 4.86. The molecule has 0 bridgehead atoms. The Bertz CT molecular complexity index is 969. The summed E-state index contributed by atoms with van der Waals surface area (Å²) >= 11 is 6.83. The van der Waals surface area contributed by atoms with Crippen molar-refractivity contribution >= 4 is 35.1 Å². The van der Waals surface area contributed by atoms with E-state index in [0.29, 0.717) is 4.77 Å². The molecule has 0 atom stereocenters. The monoisotopic (exact) mass is 344 g/mol. The first-order chi connectivity index (χ1) is 11.1. The highest BCUT2D eigenvalue weighted by atomic mass is 32.1. The van der Waals surface area contributed by atoms with E-state index in [1.54, 1.807) is 12.1 Å². The molecule has 0 amide bonds. The minimum absolute atomic E-state index is 0.0513. The maximum atomic E-state index is 10.7. The second kappa shape index (κ2) is 6.27. The third-order valence-electron chi connectivity index (χ3n) is 3.20. The Morgan fingerprint density at radius 2 is 1.78 bits per heavy atom. The first-order valence-corrected chi connectivity index (χ1v) is 7.88. The zero-order valence-corrected chi connectivity index (χ0v) is 13.8. The van der Waals surface area contributed by atoms with Gasteiger partial charge in [-0.3, -0.25) is 14.7 Å². The lowest BCUT2D eigenvalue weighted by atomic mass is 10.3. The van der Waals surface area contributed by atoms with Crippen molar-refractivity contribution in [3.63, 3.8) is 0 Å². The van der Waals surface area contributed by atoms with Crippen LogP contribution in [0.5, 0.6) is 0 Å². The molecule has 23 heavy (non-hydrogen) atoms. The van der Waals surface area contributed by atoms with Crippen molar-refractivity contribution in [1.82, 2.24) is 8.52 Å².